The molecule has 2 N–H and O–H groups in total. The normalized spacial score (nSPS) is 13.8. The molecule has 0 aliphatic heterocycles. The number of likely N-dealkylation sites (N-methyl/N-ethyl adjacent to an activating group) is 1. The predicted octanol–water partition coefficient (Wildman–Crippen LogP) is 0.971. The highest BCUT2D eigenvalue weighted by Crippen LogP contribution is 2.21. The van der Waals surface area contributed by atoms with E-state index < -0.39 is 9.84 Å². The average molecular weight is 270 g/mol. The molecule has 1 unspecified atom stereocenters. The fourth-order valence-electron chi connectivity index (χ4n) is 1.97. The van der Waals surface area contributed by atoms with Crippen LogP contribution in [-0.4, -0.2) is 45.5 Å². The zero-order valence-electron chi connectivity index (χ0n) is 11.3. The molecule has 0 heterocycles. The first kappa shape index (κ1) is 15.1. The lowest BCUT2D eigenvalue weighted by Crippen LogP contribution is -2.34. The van der Waals surface area contributed by atoms with Gasteiger partial charge in [-0.05, 0) is 25.1 Å². The molecule has 18 heavy (non-hydrogen) atoms. The summed E-state index contributed by atoms with van der Waals surface area (Å²) >= 11 is 0. The van der Waals surface area contributed by atoms with Crippen molar-refractivity contribution in [1.29, 1.82) is 0 Å². The van der Waals surface area contributed by atoms with Crippen LogP contribution in [0.2, 0.25) is 0 Å². The molecule has 4 nitrogen and oxygen atoms in total. The van der Waals surface area contributed by atoms with Crippen LogP contribution in [0.3, 0.4) is 0 Å². The van der Waals surface area contributed by atoms with E-state index in [4.69, 9.17) is 5.73 Å². The van der Waals surface area contributed by atoms with Crippen LogP contribution in [-0.2, 0) is 9.84 Å². The number of hydrogen-bond acceptors (Lipinski definition) is 4. The van der Waals surface area contributed by atoms with Gasteiger partial charge in [-0.3, -0.25) is 4.90 Å². The fourth-order valence-corrected chi connectivity index (χ4v) is 2.59. The largest absolute Gasteiger partial charge is 0.329 e. The molecule has 1 aromatic carbocycles. The van der Waals surface area contributed by atoms with Gasteiger partial charge >= 0.3 is 0 Å². The highest BCUT2D eigenvalue weighted by Gasteiger charge is 2.18. The maximum absolute atomic E-state index is 11.2. The number of aryl methyl sites for hydroxylation is 1. The minimum absolute atomic E-state index is 0.0629. The van der Waals surface area contributed by atoms with Crippen LogP contribution in [0.5, 0.6) is 0 Å². The topological polar surface area (TPSA) is 63.4 Å². The number of hydrogen-bond donors (Lipinski definition) is 1. The molecule has 0 saturated carbocycles. The lowest BCUT2D eigenvalue weighted by atomic mass is 10.0. The van der Waals surface area contributed by atoms with Crippen molar-refractivity contribution >= 4 is 9.84 Å². The summed E-state index contributed by atoms with van der Waals surface area (Å²) in [4.78, 5) is 2.00. The van der Waals surface area contributed by atoms with Gasteiger partial charge in [-0.1, -0.05) is 24.3 Å². The van der Waals surface area contributed by atoms with Crippen molar-refractivity contribution in [3.8, 4) is 0 Å². The van der Waals surface area contributed by atoms with Crippen LogP contribution in [0.15, 0.2) is 24.3 Å². The third kappa shape index (κ3) is 4.40. The van der Waals surface area contributed by atoms with Crippen molar-refractivity contribution in [3.05, 3.63) is 35.4 Å². The minimum atomic E-state index is -2.94. The van der Waals surface area contributed by atoms with Crippen molar-refractivity contribution in [3.63, 3.8) is 0 Å². The van der Waals surface area contributed by atoms with Gasteiger partial charge in [-0.25, -0.2) is 8.42 Å². The van der Waals surface area contributed by atoms with E-state index in [1.165, 1.54) is 11.8 Å². The highest BCUT2D eigenvalue weighted by atomic mass is 32.2. The van der Waals surface area contributed by atoms with E-state index >= 15 is 0 Å². The Labute approximate surface area is 110 Å². The molecule has 5 heteroatoms. The van der Waals surface area contributed by atoms with Gasteiger partial charge in [0.05, 0.1) is 5.75 Å². The monoisotopic (exact) mass is 270 g/mol. The molecular formula is C13H22N2O2S. The molecule has 0 bridgehead atoms. The van der Waals surface area contributed by atoms with E-state index in [-0.39, 0.29) is 11.8 Å². The Morgan fingerprint density at radius 3 is 2.44 bits per heavy atom. The van der Waals surface area contributed by atoms with E-state index in [1.807, 2.05) is 43.1 Å². The minimum Gasteiger partial charge on any atom is -0.329 e. The third-order valence-electron chi connectivity index (χ3n) is 3.12. The highest BCUT2D eigenvalue weighted by molar-refractivity contribution is 7.90. The SMILES string of the molecule is Cc1ccccc1C(CN)N(C)CCS(C)(=O)=O. The lowest BCUT2D eigenvalue weighted by molar-refractivity contribution is 0.263. The average Bonchev–Trinajstić information content (AvgIpc) is 2.29. The molecule has 0 amide bonds. The molecule has 0 aliphatic carbocycles. The van der Waals surface area contributed by atoms with Gasteiger partial charge in [-0.2, -0.15) is 0 Å². The maximum atomic E-state index is 11.2. The van der Waals surface area contributed by atoms with Crippen LogP contribution >= 0.6 is 0 Å². The van der Waals surface area contributed by atoms with Gasteiger partial charge in [0.1, 0.15) is 9.84 Å². The zero-order chi connectivity index (χ0) is 13.8. The molecule has 0 spiro atoms. The van der Waals surface area contributed by atoms with Crippen LogP contribution < -0.4 is 5.73 Å². The molecular weight excluding hydrogens is 248 g/mol. The number of rotatable bonds is 6. The molecule has 0 fully saturated rings. The molecule has 0 saturated heterocycles. The summed E-state index contributed by atoms with van der Waals surface area (Å²) in [6, 6.07) is 8.12. The van der Waals surface area contributed by atoms with Gasteiger partial charge in [0.25, 0.3) is 0 Å². The molecule has 102 valence electrons. The van der Waals surface area contributed by atoms with Gasteiger partial charge in [-0.15, -0.1) is 0 Å². The Kier molecular flexibility index (Phi) is 5.31. The first-order valence-corrected chi connectivity index (χ1v) is 8.04. The Morgan fingerprint density at radius 1 is 1.33 bits per heavy atom. The predicted molar refractivity (Wildman–Crippen MR) is 75.3 cm³/mol. The Balaban J connectivity index is 2.81. The first-order valence-electron chi connectivity index (χ1n) is 5.98. The van der Waals surface area contributed by atoms with Crippen molar-refractivity contribution in [1.82, 2.24) is 4.90 Å². The Morgan fingerprint density at radius 2 is 1.94 bits per heavy atom. The summed E-state index contributed by atoms with van der Waals surface area (Å²) < 4.78 is 22.4. The number of nitrogens with two attached hydrogens (primary N) is 1. The van der Waals surface area contributed by atoms with Gasteiger partial charge in [0.2, 0.25) is 0 Å². The number of sulfone groups is 1. The Bertz CT molecular complexity index is 486. The smallest absolute Gasteiger partial charge is 0.148 e. The standard InChI is InChI=1S/C13H22N2O2S/c1-11-6-4-5-7-12(11)13(10-14)15(2)8-9-18(3,16)17/h4-7,13H,8-10,14H2,1-3H3. The summed E-state index contributed by atoms with van der Waals surface area (Å²) in [6.45, 7) is 3.02. The van der Waals surface area contributed by atoms with Crippen LogP contribution in [0.4, 0.5) is 0 Å². The molecule has 0 radical (unpaired) electrons. The second-order valence-electron chi connectivity index (χ2n) is 4.72. The zero-order valence-corrected chi connectivity index (χ0v) is 12.1. The summed E-state index contributed by atoms with van der Waals surface area (Å²) in [5, 5.41) is 0. The second kappa shape index (κ2) is 6.31. The summed E-state index contributed by atoms with van der Waals surface area (Å²) in [5.74, 6) is 0.159. The summed E-state index contributed by atoms with van der Waals surface area (Å²) in [5.41, 5.74) is 8.17. The van der Waals surface area contributed by atoms with Crippen LogP contribution in [0, 0.1) is 6.92 Å². The van der Waals surface area contributed by atoms with Crippen LogP contribution in [0.25, 0.3) is 0 Å². The van der Waals surface area contributed by atoms with Crippen molar-refractivity contribution in [2.45, 2.75) is 13.0 Å². The second-order valence-corrected chi connectivity index (χ2v) is 6.98. The summed E-state index contributed by atoms with van der Waals surface area (Å²) in [6.07, 6.45) is 1.26. The first-order chi connectivity index (χ1) is 8.35. The molecule has 1 atom stereocenters. The molecule has 1 aromatic rings. The van der Waals surface area contributed by atoms with E-state index in [0.29, 0.717) is 13.1 Å². The van der Waals surface area contributed by atoms with E-state index in [9.17, 15) is 8.42 Å². The molecule has 0 aromatic heterocycles. The number of nitrogens with zero attached hydrogens (tertiary/aromatic N) is 1. The number of benzene rings is 1. The molecule has 0 aliphatic rings. The summed E-state index contributed by atoms with van der Waals surface area (Å²) in [7, 11) is -1.02. The van der Waals surface area contributed by atoms with Crippen molar-refractivity contribution in [2.75, 3.05) is 32.1 Å². The maximum Gasteiger partial charge on any atom is 0.148 e. The van der Waals surface area contributed by atoms with Gasteiger partial charge < -0.3 is 5.73 Å². The van der Waals surface area contributed by atoms with Crippen molar-refractivity contribution in [2.24, 2.45) is 5.73 Å². The van der Waals surface area contributed by atoms with Crippen molar-refractivity contribution < 1.29 is 8.42 Å². The van der Waals surface area contributed by atoms with E-state index in [1.54, 1.807) is 0 Å². The third-order valence-corrected chi connectivity index (χ3v) is 4.04. The van der Waals surface area contributed by atoms with E-state index in [0.717, 1.165) is 5.56 Å². The quantitative estimate of drug-likeness (QED) is 0.836. The molecule has 1 rings (SSSR count). The van der Waals surface area contributed by atoms with Crippen LogP contribution in [0.1, 0.15) is 17.2 Å². The van der Waals surface area contributed by atoms with Gasteiger partial charge in [0, 0.05) is 25.4 Å². The van der Waals surface area contributed by atoms with E-state index in [2.05, 4.69) is 0 Å². The Hall–Kier alpha value is -0.910. The van der Waals surface area contributed by atoms with Gasteiger partial charge in [0.15, 0.2) is 0 Å². The lowest BCUT2D eigenvalue weighted by Gasteiger charge is -2.28. The fraction of sp³-hybridized carbons (Fsp3) is 0.538.